The van der Waals surface area contributed by atoms with Gasteiger partial charge in [0.2, 0.25) is 0 Å². The van der Waals surface area contributed by atoms with Gasteiger partial charge in [0.25, 0.3) is 0 Å². The van der Waals surface area contributed by atoms with Gasteiger partial charge >= 0.3 is 11.8 Å². The van der Waals surface area contributed by atoms with Crippen LogP contribution in [-0.4, -0.2) is 38.3 Å². The van der Waals surface area contributed by atoms with E-state index in [0.29, 0.717) is 5.56 Å². The zero-order valence-electron chi connectivity index (χ0n) is 14.3. The summed E-state index contributed by atoms with van der Waals surface area (Å²) >= 11 is 0. The lowest BCUT2D eigenvalue weighted by atomic mass is 10.2. The predicted octanol–water partition coefficient (Wildman–Crippen LogP) is 1.15. The van der Waals surface area contributed by atoms with Gasteiger partial charge in [0.1, 0.15) is 11.1 Å². The Kier molecular flexibility index (Phi) is 6.78. The molecule has 0 radical (unpaired) electrons. The van der Waals surface area contributed by atoms with Gasteiger partial charge in [-0.2, -0.15) is 0 Å². The van der Waals surface area contributed by atoms with Crippen molar-refractivity contribution >= 4 is 21.7 Å². The van der Waals surface area contributed by atoms with Crippen LogP contribution in [0.1, 0.15) is 10.8 Å². The number of benzene rings is 1. The quantitative estimate of drug-likeness (QED) is 0.419. The van der Waals surface area contributed by atoms with E-state index in [2.05, 4.69) is 22.2 Å². The van der Waals surface area contributed by atoms with E-state index in [1.165, 1.54) is 18.5 Å². The molecule has 1 atom stereocenters. The average molecular weight is 391 g/mol. The van der Waals surface area contributed by atoms with Crippen molar-refractivity contribution in [2.75, 3.05) is 13.1 Å². The Bertz CT molecular complexity index is 915. The highest BCUT2D eigenvalue weighted by Gasteiger charge is 2.30. The summed E-state index contributed by atoms with van der Waals surface area (Å²) < 4.78 is 39.1. The number of halogens is 1. The number of pyridine rings is 1. The number of carbonyl (C=O) groups is 2. The standard InChI is InChI=1S/C18H18FN3O4S/c1-2-9-21-17(23)18(24)22-12-16(13-4-3-10-20-11-13)27(25,26)15-7-5-14(19)6-8-15/h2-8,10-11,16H,1,9,12H2,(H,21,23)(H,22,24)/t16-/m0/s1. The van der Waals surface area contributed by atoms with Crippen molar-refractivity contribution in [1.29, 1.82) is 0 Å². The predicted molar refractivity (Wildman–Crippen MR) is 96.8 cm³/mol. The zero-order valence-corrected chi connectivity index (χ0v) is 15.1. The summed E-state index contributed by atoms with van der Waals surface area (Å²) in [5.74, 6) is -2.45. The first-order valence-corrected chi connectivity index (χ1v) is 9.47. The lowest BCUT2D eigenvalue weighted by molar-refractivity contribution is -0.139. The smallest absolute Gasteiger partial charge is 0.309 e. The van der Waals surface area contributed by atoms with E-state index < -0.39 is 32.7 Å². The summed E-state index contributed by atoms with van der Waals surface area (Å²) in [6.45, 7) is 3.17. The summed E-state index contributed by atoms with van der Waals surface area (Å²) in [6, 6.07) is 7.46. The minimum Gasteiger partial charge on any atom is -0.346 e. The maximum absolute atomic E-state index is 13.1. The van der Waals surface area contributed by atoms with E-state index in [-0.39, 0.29) is 18.0 Å². The molecule has 0 saturated carbocycles. The minimum absolute atomic E-state index is 0.103. The van der Waals surface area contributed by atoms with Gasteiger partial charge in [-0.25, -0.2) is 12.8 Å². The van der Waals surface area contributed by atoms with Crippen LogP contribution in [0.2, 0.25) is 0 Å². The molecule has 27 heavy (non-hydrogen) atoms. The molecule has 0 fully saturated rings. The highest BCUT2D eigenvalue weighted by atomic mass is 32.2. The monoisotopic (exact) mass is 391 g/mol. The highest BCUT2D eigenvalue weighted by Crippen LogP contribution is 2.28. The van der Waals surface area contributed by atoms with Gasteiger partial charge < -0.3 is 10.6 Å². The fraction of sp³-hybridized carbons (Fsp3) is 0.167. The Labute approximate surface area is 156 Å². The number of amides is 2. The molecule has 1 heterocycles. The maximum Gasteiger partial charge on any atom is 0.309 e. The molecular weight excluding hydrogens is 373 g/mol. The molecule has 2 N–H and O–H groups in total. The van der Waals surface area contributed by atoms with Crippen LogP contribution in [0, 0.1) is 5.82 Å². The van der Waals surface area contributed by atoms with E-state index in [9.17, 15) is 22.4 Å². The zero-order chi connectivity index (χ0) is 19.9. The number of nitrogens with zero attached hydrogens (tertiary/aromatic N) is 1. The van der Waals surface area contributed by atoms with Crippen molar-refractivity contribution < 1.29 is 22.4 Å². The molecule has 1 aromatic heterocycles. The van der Waals surface area contributed by atoms with E-state index >= 15 is 0 Å². The van der Waals surface area contributed by atoms with Gasteiger partial charge in [-0.3, -0.25) is 14.6 Å². The van der Waals surface area contributed by atoms with Crippen molar-refractivity contribution in [3.8, 4) is 0 Å². The molecule has 142 valence electrons. The number of rotatable bonds is 7. The average Bonchev–Trinajstić information content (AvgIpc) is 2.67. The van der Waals surface area contributed by atoms with Crippen molar-refractivity contribution in [2.45, 2.75) is 10.1 Å². The Morgan fingerprint density at radius 2 is 1.81 bits per heavy atom. The number of sulfone groups is 1. The SMILES string of the molecule is C=CCNC(=O)C(=O)NC[C@@H](c1cccnc1)S(=O)(=O)c1ccc(F)cc1. The first-order chi connectivity index (χ1) is 12.9. The van der Waals surface area contributed by atoms with Crippen LogP contribution >= 0.6 is 0 Å². The minimum atomic E-state index is -3.98. The third kappa shape index (κ3) is 5.20. The van der Waals surface area contributed by atoms with E-state index in [1.807, 2.05) is 0 Å². The van der Waals surface area contributed by atoms with E-state index in [0.717, 1.165) is 24.3 Å². The molecule has 9 heteroatoms. The third-order valence-electron chi connectivity index (χ3n) is 3.63. The Balaban J connectivity index is 2.27. The van der Waals surface area contributed by atoms with Crippen molar-refractivity contribution in [2.24, 2.45) is 0 Å². The van der Waals surface area contributed by atoms with Crippen LogP contribution in [0.3, 0.4) is 0 Å². The number of carbonyl (C=O) groups excluding carboxylic acids is 2. The summed E-state index contributed by atoms with van der Waals surface area (Å²) in [5.41, 5.74) is 0.327. The molecule has 0 spiro atoms. The van der Waals surface area contributed by atoms with E-state index in [1.54, 1.807) is 12.1 Å². The second-order valence-electron chi connectivity index (χ2n) is 5.48. The summed E-state index contributed by atoms with van der Waals surface area (Å²) in [4.78, 5) is 27.3. The summed E-state index contributed by atoms with van der Waals surface area (Å²) in [7, 11) is -3.98. The Morgan fingerprint density at radius 1 is 1.15 bits per heavy atom. The molecule has 2 amide bonds. The Hall–Kier alpha value is -3.07. The number of hydrogen-bond acceptors (Lipinski definition) is 5. The fourth-order valence-electron chi connectivity index (χ4n) is 2.27. The lowest BCUT2D eigenvalue weighted by Crippen LogP contribution is -2.42. The molecule has 0 aliphatic carbocycles. The topological polar surface area (TPSA) is 105 Å². The molecule has 0 bridgehead atoms. The maximum atomic E-state index is 13.1. The van der Waals surface area contributed by atoms with Gasteiger partial charge in [0, 0.05) is 25.5 Å². The molecular formula is C18H18FN3O4S. The molecule has 0 aliphatic rings. The van der Waals surface area contributed by atoms with Crippen LogP contribution in [0.4, 0.5) is 4.39 Å². The first kappa shape index (κ1) is 20.2. The molecule has 2 aromatic rings. The second-order valence-corrected chi connectivity index (χ2v) is 7.61. The molecule has 0 unspecified atom stereocenters. The molecule has 0 saturated heterocycles. The molecule has 1 aromatic carbocycles. The van der Waals surface area contributed by atoms with Gasteiger partial charge in [-0.15, -0.1) is 6.58 Å². The normalized spacial score (nSPS) is 12.0. The number of aromatic nitrogens is 1. The summed E-state index contributed by atoms with van der Waals surface area (Å²) in [6.07, 6.45) is 4.24. The second kappa shape index (κ2) is 9.04. The van der Waals surface area contributed by atoms with Crippen molar-refractivity contribution in [3.63, 3.8) is 0 Å². The van der Waals surface area contributed by atoms with E-state index in [4.69, 9.17) is 0 Å². The van der Waals surface area contributed by atoms with Gasteiger partial charge in [0.15, 0.2) is 9.84 Å². The first-order valence-electron chi connectivity index (χ1n) is 7.92. The summed E-state index contributed by atoms with van der Waals surface area (Å²) in [5, 5.41) is 3.41. The highest BCUT2D eigenvalue weighted by molar-refractivity contribution is 7.91. The van der Waals surface area contributed by atoms with Crippen LogP contribution < -0.4 is 10.6 Å². The van der Waals surface area contributed by atoms with Crippen molar-refractivity contribution in [1.82, 2.24) is 15.6 Å². The Morgan fingerprint density at radius 3 is 2.41 bits per heavy atom. The lowest BCUT2D eigenvalue weighted by Gasteiger charge is -2.18. The van der Waals surface area contributed by atoms with Crippen molar-refractivity contribution in [3.05, 3.63) is 72.8 Å². The van der Waals surface area contributed by atoms with Crippen LogP contribution in [-0.2, 0) is 19.4 Å². The number of nitrogens with one attached hydrogen (secondary N) is 2. The van der Waals surface area contributed by atoms with Crippen LogP contribution in [0.15, 0.2) is 66.3 Å². The molecule has 7 nitrogen and oxygen atoms in total. The van der Waals surface area contributed by atoms with Gasteiger partial charge in [-0.05, 0) is 35.9 Å². The largest absolute Gasteiger partial charge is 0.346 e. The van der Waals surface area contributed by atoms with Gasteiger partial charge in [-0.1, -0.05) is 12.1 Å². The third-order valence-corrected chi connectivity index (χ3v) is 5.75. The fourth-order valence-corrected chi connectivity index (χ4v) is 3.92. The van der Waals surface area contributed by atoms with Crippen LogP contribution in [0.5, 0.6) is 0 Å². The number of hydrogen-bond donors (Lipinski definition) is 2. The van der Waals surface area contributed by atoms with Crippen LogP contribution in [0.25, 0.3) is 0 Å². The molecule has 0 aliphatic heterocycles. The van der Waals surface area contributed by atoms with Gasteiger partial charge in [0.05, 0.1) is 4.90 Å². The molecule has 2 rings (SSSR count).